The van der Waals surface area contributed by atoms with E-state index in [9.17, 15) is 22.8 Å². The maximum atomic E-state index is 13.3. The Kier molecular flexibility index (Phi) is 3.89. The van der Waals surface area contributed by atoms with E-state index < -0.39 is 30.5 Å². The number of halogens is 3. The van der Waals surface area contributed by atoms with Gasteiger partial charge in [0.1, 0.15) is 18.5 Å². The zero-order chi connectivity index (χ0) is 18.6. The highest BCUT2D eigenvalue weighted by Crippen LogP contribution is 2.58. The molecule has 1 aromatic carbocycles. The number of fused-ring (bicyclic) bond motifs is 2. The summed E-state index contributed by atoms with van der Waals surface area (Å²) in [5.41, 5.74) is 1.03. The molecule has 3 unspecified atom stereocenters. The van der Waals surface area contributed by atoms with Crippen LogP contribution in [0.3, 0.4) is 0 Å². The minimum absolute atomic E-state index is 0.175. The fraction of sp³-hybridized carbons (Fsp3) is 0.556. The summed E-state index contributed by atoms with van der Waals surface area (Å²) < 4.78 is 44.9. The number of nitrogens with one attached hydrogen (secondary N) is 2. The van der Waals surface area contributed by atoms with E-state index in [0.717, 1.165) is 0 Å². The third-order valence-electron chi connectivity index (χ3n) is 5.50. The zero-order valence-corrected chi connectivity index (χ0v) is 14.2. The third kappa shape index (κ3) is 2.81. The molecule has 2 saturated carbocycles. The van der Waals surface area contributed by atoms with Gasteiger partial charge in [-0.2, -0.15) is 0 Å². The molecule has 1 heterocycles. The van der Waals surface area contributed by atoms with Crippen LogP contribution in [0.25, 0.3) is 0 Å². The van der Waals surface area contributed by atoms with E-state index in [2.05, 4.69) is 10.6 Å². The number of rotatable bonds is 4. The normalized spacial score (nSPS) is 30.2. The predicted molar refractivity (Wildman–Crippen MR) is 86.3 cm³/mol. The fourth-order valence-corrected chi connectivity index (χ4v) is 4.18. The highest BCUT2D eigenvalue weighted by molar-refractivity contribution is 6.02. The Labute approximate surface area is 148 Å². The second-order valence-corrected chi connectivity index (χ2v) is 7.28. The number of ether oxygens (including phenoxy) is 1. The minimum atomic E-state index is -2.63. The van der Waals surface area contributed by atoms with Crippen LogP contribution < -0.4 is 15.4 Å². The molecule has 3 atom stereocenters. The van der Waals surface area contributed by atoms with Gasteiger partial charge >= 0.3 is 0 Å². The first-order valence-corrected chi connectivity index (χ1v) is 8.63. The molecule has 0 radical (unpaired) electrons. The van der Waals surface area contributed by atoms with E-state index in [-0.39, 0.29) is 48.3 Å². The van der Waals surface area contributed by atoms with Crippen LogP contribution in [0.15, 0.2) is 12.1 Å². The van der Waals surface area contributed by atoms with Crippen molar-refractivity contribution in [3.8, 4) is 5.75 Å². The molecule has 1 aliphatic heterocycles. The molecule has 2 N–H and O–H groups in total. The van der Waals surface area contributed by atoms with Crippen LogP contribution in [0.2, 0.25) is 0 Å². The van der Waals surface area contributed by atoms with Gasteiger partial charge in [-0.3, -0.25) is 9.59 Å². The lowest BCUT2D eigenvalue weighted by Crippen LogP contribution is -2.31. The van der Waals surface area contributed by atoms with Crippen molar-refractivity contribution in [3.05, 3.63) is 28.8 Å². The average molecular weight is 368 g/mol. The van der Waals surface area contributed by atoms with Crippen LogP contribution in [-0.4, -0.2) is 43.6 Å². The van der Waals surface area contributed by atoms with Crippen molar-refractivity contribution in [1.29, 1.82) is 0 Å². The van der Waals surface area contributed by atoms with E-state index in [0.29, 0.717) is 11.3 Å². The summed E-state index contributed by atoms with van der Waals surface area (Å²) in [5.74, 6) is -3.54. The first-order valence-electron chi connectivity index (χ1n) is 8.63. The number of benzene rings is 1. The molecule has 1 aromatic rings. The van der Waals surface area contributed by atoms with Gasteiger partial charge in [0.05, 0.1) is 5.56 Å². The van der Waals surface area contributed by atoms with Gasteiger partial charge in [-0.05, 0) is 29.5 Å². The summed E-state index contributed by atoms with van der Waals surface area (Å²) in [6.45, 7) is -0.691. The van der Waals surface area contributed by atoms with Gasteiger partial charge in [0.2, 0.25) is 5.92 Å². The largest absolute Gasteiger partial charge is 0.486 e. The number of carbonyl (C=O) groups is 2. The van der Waals surface area contributed by atoms with Crippen LogP contribution in [0, 0.1) is 11.8 Å². The number of hydrogen-bond acceptors (Lipinski definition) is 3. The van der Waals surface area contributed by atoms with Crippen molar-refractivity contribution in [2.75, 3.05) is 13.7 Å². The maximum absolute atomic E-state index is 13.3. The fourth-order valence-electron chi connectivity index (χ4n) is 4.18. The molecule has 0 bridgehead atoms. The molecule has 2 aliphatic carbocycles. The van der Waals surface area contributed by atoms with E-state index >= 15 is 0 Å². The topological polar surface area (TPSA) is 67.4 Å². The summed E-state index contributed by atoms with van der Waals surface area (Å²) in [6.07, 6.45) is -0.778. The molecule has 5 nitrogen and oxygen atoms in total. The molecule has 3 aliphatic rings. The summed E-state index contributed by atoms with van der Waals surface area (Å²) in [7, 11) is 1.45. The monoisotopic (exact) mass is 368 g/mol. The number of hydrogen-bond donors (Lipinski definition) is 2. The Morgan fingerprint density at radius 2 is 1.92 bits per heavy atom. The molecule has 140 valence electrons. The third-order valence-corrected chi connectivity index (χ3v) is 5.50. The number of amides is 2. The molecule has 0 aromatic heterocycles. The van der Waals surface area contributed by atoms with Gasteiger partial charge < -0.3 is 15.4 Å². The molecular weight excluding hydrogens is 349 g/mol. The first-order chi connectivity index (χ1) is 12.3. The quantitative estimate of drug-likeness (QED) is 0.855. The van der Waals surface area contributed by atoms with Gasteiger partial charge in [-0.1, -0.05) is 0 Å². The highest BCUT2D eigenvalue weighted by Gasteiger charge is 2.63. The SMILES string of the molecule is CNC(=O)c1cc(C(=O)NC2C3CC(F)(F)CC32)cc2c1OC(CF)C2. The molecule has 2 fully saturated rings. The molecule has 26 heavy (non-hydrogen) atoms. The van der Waals surface area contributed by atoms with Gasteiger partial charge in [-0.25, -0.2) is 13.2 Å². The maximum Gasteiger partial charge on any atom is 0.254 e. The van der Waals surface area contributed by atoms with Crippen LogP contribution in [-0.2, 0) is 6.42 Å². The van der Waals surface area contributed by atoms with Crippen LogP contribution in [0.5, 0.6) is 5.75 Å². The Bertz CT molecular complexity index is 769. The van der Waals surface area contributed by atoms with Crippen molar-refractivity contribution in [2.24, 2.45) is 11.8 Å². The van der Waals surface area contributed by atoms with Gasteiger partial charge in [0, 0.05) is 37.9 Å². The first kappa shape index (κ1) is 17.2. The van der Waals surface area contributed by atoms with Gasteiger partial charge in [-0.15, -0.1) is 0 Å². The van der Waals surface area contributed by atoms with Crippen molar-refractivity contribution < 1.29 is 27.5 Å². The lowest BCUT2D eigenvalue weighted by atomic mass is 10.0. The number of alkyl halides is 3. The second-order valence-electron chi connectivity index (χ2n) is 7.28. The minimum Gasteiger partial charge on any atom is -0.486 e. The summed E-state index contributed by atoms with van der Waals surface area (Å²) >= 11 is 0. The molecule has 4 rings (SSSR count). The lowest BCUT2D eigenvalue weighted by Gasteiger charge is -2.15. The zero-order valence-electron chi connectivity index (χ0n) is 14.2. The van der Waals surface area contributed by atoms with Crippen molar-refractivity contribution >= 4 is 11.8 Å². The Morgan fingerprint density at radius 1 is 1.23 bits per heavy atom. The summed E-state index contributed by atoms with van der Waals surface area (Å²) in [6, 6.07) is 2.74. The van der Waals surface area contributed by atoms with E-state index in [1.54, 1.807) is 6.07 Å². The van der Waals surface area contributed by atoms with Crippen LogP contribution >= 0.6 is 0 Å². The Hall–Kier alpha value is -2.25. The highest BCUT2D eigenvalue weighted by atomic mass is 19.3. The molecular formula is C18H19F3N2O3. The van der Waals surface area contributed by atoms with Crippen molar-refractivity contribution in [1.82, 2.24) is 10.6 Å². The predicted octanol–water partition coefficient (Wildman–Crippen LogP) is 2.09. The number of carbonyl (C=O) groups excluding carboxylic acids is 2. The van der Waals surface area contributed by atoms with Crippen LogP contribution in [0.4, 0.5) is 13.2 Å². The van der Waals surface area contributed by atoms with Crippen molar-refractivity contribution in [3.63, 3.8) is 0 Å². The van der Waals surface area contributed by atoms with E-state index in [1.807, 2.05) is 0 Å². The Morgan fingerprint density at radius 3 is 2.54 bits per heavy atom. The Balaban J connectivity index is 1.54. The molecule has 8 heteroatoms. The van der Waals surface area contributed by atoms with E-state index in [4.69, 9.17) is 4.74 Å². The van der Waals surface area contributed by atoms with Crippen molar-refractivity contribution in [2.45, 2.75) is 37.3 Å². The molecule has 0 spiro atoms. The van der Waals surface area contributed by atoms with E-state index in [1.165, 1.54) is 13.1 Å². The summed E-state index contributed by atoms with van der Waals surface area (Å²) in [5, 5.41) is 5.27. The second kappa shape index (κ2) is 5.89. The molecule has 0 saturated heterocycles. The average Bonchev–Trinajstić information content (AvgIpc) is 2.98. The standard InChI is InChI=1S/C18H19F3N2O3/c1-22-17(25)11-4-9(2-8-3-10(7-19)26-15(8)11)16(24)23-14-12-5-18(20,21)6-13(12)14/h2,4,10,12-14H,3,5-7H2,1H3,(H,22,25)(H,23,24). The summed E-state index contributed by atoms with van der Waals surface area (Å²) in [4.78, 5) is 24.7. The lowest BCUT2D eigenvalue weighted by molar-refractivity contribution is -0.00623. The van der Waals surface area contributed by atoms with Gasteiger partial charge in [0.15, 0.2) is 0 Å². The van der Waals surface area contributed by atoms with Gasteiger partial charge in [0.25, 0.3) is 11.8 Å². The van der Waals surface area contributed by atoms with Crippen LogP contribution in [0.1, 0.15) is 39.1 Å². The smallest absolute Gasteiger partial charge is 0.254 e. The molecule has 2 amide bonds.